The van der Waals surface area contributed by atoms with E-state index >= 15 is 0 Å². The predicted molar refractivity (Wildman–Crippen MR) is 80.1 cm³/mol. The molecule has 106 valence electrons. The molecule has 1 heterocycles. The van der Waals surface area contributed by atoms with Crippen molar-refractivity contribution < 1.29 is 0 Å². The molecule has 1 aromatic rings. The van der Waals surface area contributed by atoms with E-state index in [0.717, 1.165) is 31.0 Å². The van der Waals surface area contributed by atoms with Gasteiger partial charge in [0.25, 0.3) is 0 Å². The summed E-state index contributed by atoms with van der Waals surface area (Å²) in [7, 11) is 0. The number of nitrogens with zero attached hydrogens (tertiary/aromatic N) is 2. The van der Waals surface area contributed by atoms with E-state index < -0.39 is 0 Å². The summed E-state index contributed by atoms with van der Waals surface area (Å²) in [5.74, 6) is 2.29. The number of nitrogen functional groups attached to an aromatic ring is 1. The van der Waals surface area contributed by atoms with Gasteiger partial charge in [0, 0.05) is 19.0 Å². The second kappa shape index (κ2) is 6.22. The Morgan fingerprint density at radius 3 is 2.68 bits per heavy atom. The van der Waals surface area contributed by atoms with Gasteiger partial charge in [-0.05, 0) is 24.7 Å². The smallest absolute Gasteiger partial charge is 0.133 e. The molecule has 1 aliphatic rings. The predicted octanol–water partition coefficient (Wildman–Crippen LogP) is 3.39. The Labute approximate surface area is 116 Å². The Bertz CT molecular complexity index is 411. The highest BCUT2D eigenvalue weighted by Crippen LogP contribution is 2.35. The zero-order chi connectivity index (χ0) is 13.7. The van der Waals surface area contributed by atoms with E-state index in [1.807, 2.05) is 6.07 Å². The summed E-state index contributed by atoms with van der Waals surface area (Å²) in [4.78, 5) is 8.80. The maximum atomic E-state index is 5.84. The molecule has 19 heavy (non-hydrogen) atoms. The quantitative estimate of drug-likeness (QED) is 0.853. The monoisotopic (exact) mass is 262 g/mol. The standard InChI is InChI=1S/C15H26N4/c1-3-7-13-18-12(16)10-14(19-13)17-11-15(2)8-5-4-6-9-15/h10H,3-9,11H2,1-2H3,(H3,16,17,18,19). The van der Waals surface area contributed by atoms with E-state index in [1.54, 1.807) is 0 Å². The summed E-state index contributed by atoms with van der Waals surface area (Å²) in [5, 5.41) is 3.46. The Morgan fingerprint density at radius 1 is 1.26 bits per heavy atom. The van der Waals surface area contributed by atoms with Crippen LogP contribution in [-0.2, 0) is 6.42 Å². The van der Waals surface area contributed by atoms with E-state index in [1.165, 1.54) is 32.1 Å². The molecule has 3 N–H and O–H groups in total. The first-order chi connectivity index (χ1) is 9.11. The van der Waals surface area contributed by atoms with Crippen molar-refractivity contribution in [3.63, 3.8) is 0 Å². The van der Waals surface area contributed by atoms with Crippen molar-refractivity contribution in [1.29, 1.82) is 0 Å². The topological polar surface area (TPSA) is 63.8 Å². The zero-order valence-electron chi connectivity index (χ0n) is 12.2. The van der Waals surface area contributed by atoms with Gasteiger partial charge in [0.15, 0.2) is 0 Å². The average Bonchev–Trinajstić information content (AvgIpc) is 2.37. The van der Waals surface area contributed by atoms with Crippen molar-refractivity contribution >= 4 is 11.6 Å². The van der Waals surface area contributed by atoms with Gasteiger partial charge in [-0.25, -0.2) is 9.97 Å². The first-order valence-electron chi connectivity index (χ1n) is 7.49. The fourth-order valence-electron chi connectivity index (χ4n) is 2.83. The van der Waals surface area contributed by atoms with Gasteiger partial charge in [-0.3, -0.25) is 0 Å². The fourth-order valence-corrected chi connectivity index (χ4v) is 2.83. The van der Waals surface area contributed by atoms with Crippen LogP contribution < -0.4 is 11.1 Å². The number of hydrogen-bond acceptors (Lipinski definition) is 4. The zero-order valence-corrected chi connectivity index (χ0v) is 12.2. The molecule has 0 aliphatic heterocycles. The van der Waals surface area contributed by atoms with Crippen LogP contribution in [0, 0.1) is 5.41 Å². The van der Waals surface area contributed by atoms with E-state index in [4.69, 9.17) is 5.73 Å². The molecular weight excluding hydrogens is 236 g/mol. The van der Waals surface area contributed by atoms with E-state index in [2.05, 4.69) is 29.1 Å². The molecule has 0 bridgehead atoms. The molecule has 0 amide bonds. The molecule has 0 unspecified atom stereocenters. The van der Waals surface area contributed by atoms with Crippen molar-refractivity contribution in [3.8, 4) is 0 Å². The minimum absolute atomic E-state index is 0.406. The Kier molecular flexibility index (Phi) is 4.61. The average molecular weight is 262 g/mol. The van der Waals surface area contributed by atoms with Gasteiger partial charge in [0.1, 0.15) is 17.5 Å². The lowest BCUT2D eigenvalue weighted by molar-refractivity contribution is 0.233. The third-order valence-corrected chi connectivity index (χ3v) is 4.02. The van der Waals surface area contributed by atoms with E-state index in [9.17, 15) is 0 Å². The number of hydrogen-bond donors (Lipinski definition) is 2. The van der Waals surface area contributed by atoms with Crippen LogP contribution in [0.25, 0.3) is 0 Å². The molecule has 0 aromatic carbocycles. The number of nitrogens with one attached hydrogen (secondary N) is 1. The van der Waals surface area contributed by atoms with E-state index in [0.29, 0.717) is 11.2 Å². The lowest BCUT2D eigenvalue weighted by Gasteiger charge is -2.33. The highest BCUT2D eigenvalue weighted by atomic mass is 15.1. The van der Waals surface area contributed by atoms with Gasteiger partial charge in [-0.1, -0.05) is 33.1 Å². The molecule has 1 aromatic heterocycles. The summed E-state index contributed by atoms with van der Waals surface area (Å²) in [5.41, 5.74) is 6.25. The normalized spacial score (nSPS) is 18.2. The molecule has 0 radical (unpaired) electrons. The molecule has 2 rings (SSSR count). The largest absolute Gasteiger partial charge is 0.384 e. The van der Waals surface area contributed by atoms with Crippen LogP contribution in [0.3, 0.4) is 0 Å². The molecule has 0 spiro atoms. The SMILES string of the molecule is CCCc1nc(N)cc(NCC2(C)CCCCC2)n1. The summed E-state index contributed by atoms with van der Waals surface area (Å²) in [6, 6.07) is 1.84. The van der Waals surface area contributed by atoms with Crippen LogP contribution in [0.4, 0.5) is 11.6 Å². The maximum absolute atomic E-state index is 5.84. The summed E-state index contributed by atoms with van der Waals surface area (Å²) in [6.07, 6.45) is 8.63. The number of rotatable bonds is 5. The van der Waals surface area contributed by atoms with Crippen LogP contribution in [-0.4, -0.2) is 16.5 Å². The Balaban J connectivity index is 1.98. The van der Waals surface area contributed by atoms with Crippen molar-refractivity contribution in [2.45, 2.75) is 58.8 Å². The van der Waals surface area contributed by atoms with Gasteiger partial charge >= 0.3 is 0 Å². The van der Waals surface area contributed by atoms with Crippen molar-refractivity contribution in [3.05, 3.63) is 11.9 Å². The van der Waals surface area contributed by atoms with Gasteiger partial charge in [0.05, 0.1) is 0 Å². The number of nitrogens with two attached hydrogens (primary N) is 1. The lowest BCUT2D eigenvalue weighted by Crippen LogP contribution is -2.29. The molecular formula is C15H26N4. The van der Waals surface area contributed by atoms with Crippen LogP contribution >= 0.6 is 0 Å². The number of aryl methyl sites for hydroxylation is 1. The van der Waals surface area contributed by atoms with Crippen molar-refractivity contribution in [1.82, 2.24) is 9.97 Å². The summed E-state index contributed by atoms with van der Waals surface area (Å²) < 4.78 is 0. The molecule has 4 heteroatoms. The minimum Gasteiger partial charge on any atom is -0.384 e. The summed E-state index contributed by atoms with van der Waals surface area (Å²) in [6.45, 7) is 5.48. The van der Waals surface area contributed by atoms with Crippen LogP contribution in [0.15, 0.2) is 6.07 Å². The second-order valence-corrected chi connectivity index (χ2v) is 6.07. The molecule has 4 nitrogen and oxygen atoms in total. The highest BCUT2D eigenvalue weighted by Gasteiger charge is 2.26. The van der Waals surface area contributed by atoms with Crippen LogP contribution in [0.2, 0.25) is 0 Å². The van der Waals surface area contributed by atoms with Gasteiger partial charge in [0.2, 0.25) is 0 Å². The third-order valence-electron chi connectivity index (χ3n) is 4.02. The molecule has 0 atom stereocenters. The van der Waals surface area contributed by atoms with Gasteiger partial charge in [-0.2, -0.15) is 0 Å². The first kappa shape index (κ1) is 14.1. The summed E-state index contributed by atoms with van der Waals surface area (Å²) >= 11 is 0. The van der Waals surface area contributed by atoms with Gasteiger partial charge in [-0.15, -0.1) is 0 Å². The maximum Gasteiger partial charge on any atom is 0.133 e. The second-order valence-electron chi connectivity index (χ2n) is 6.07. The Morgan fingerprint density at radius 2 is 2.00 bits per heavy atom. The third kappa shape index (κ3) is 4.08. The number of anilines is 2. The van der Waals surface area contributed by atoms with E-state index in [-0.39, 0.29) is 0 Å². The highest BCUT2D eigenvalue weighted by molar-refractivity contribution is 5.44. The fraction of sp³-hybridized carbons (Fsp3) is 0.733. The first-order valence-corrected chi connectivity index (χ1v) is 7.49. The number of aromatic nitrogens is 2. The molecule has 1 aliphatic carbocycles. The Hall–Kier alpha value is -1.32. The van der Waals surface area contributed by atoms with Crippen LogP contribution in [0.1, 0.15) is 58.2 Å². The van der Waals surface area contributed by atoms with Crippen molar-refractivity contribution in [2.24, 2.45) is 5.41 Å². The lowest BCUT2D eigenvalue weighted by atomic mass is 9.76. The van der Waals surface area contributed by atoms with Crippen LogP contribution in [0.5, 0.6) is 0 Å². The van der Waals surface area contributed by atoms with Gasteiger partial charge < -0.3 is 11.1 Å². The minimum atomic E-state index is 0.406. The molecule has 1 fully saturated rings. The molecule has 0 saturated heterocycles. The molecule has 1 saturated carbocycles. The van der Waals surface area contributed by atoms with Crippen molar-refractivity contribution in [2.75, 3.05) is 17.6 Å².